The van der Waals surface area contributed by atoms with Crippen molar-refractivity contribution in [2.45, 2.75) is 6.92 Å². The van der Waals surface area contributed by atoms with E-state index in [0.717, 1.165) is 20.3 Å². The number of hydrogen-bond donors (Lipinski definition) is 0. The molecule has 1 aromatic carbocycles. The van der Waals surface area contributed by atoms with E-state index >= 15 is 0 Å². The second-order valence-electron chi connectivity index (χ2n) is 5.16. The molecule has 0 N–H and O–H groups in total. The molecule has 11 heteroatoms. The lowest BCUT2D eigenvalue weighted by Gasteiger charge is -2.32. The second-order valence-corrected chi connectivity index (χ2v) is 5.96. The van der Waals surface area contributed by atoms with Gasteiger partial charge in [-0.25, -0.2) is 9.59 Å². The number of nitro groups is 1. The summed E-state index contributed by atoms with van der Waals surface area (Å²) in [6.07, 6.45) is 0. The van der Waals surface area contributed by atoms with E-state index in [2.05, 4.69) is 20.7 Å². The van der Waals surface area contributed by atoms with E-state index < -0.39 is 28.4 Å². The van der Waals surface area contributed by atoms with Crippen molar-refractivity contribution in [3.05, 3.63) is 43.3 Å². The molecule has 0 saturated heterocycles. The molecule has 1 aliphatic heterocycles. The maximum atomic E-state index is 14.4. The highest BCUT2D eigenvalue weighted by molar-refractivity contribution is 9.10. The average molecular weight is 433 g/mol. The number of nitro benzene ring substituents is 1. The first kappa shape index (κ1) is 19.8. The Hall–Kier alpha value is -2.53. The number of nitrogens with zero attached hydrogens (tertiary/aromatic N) is 2. The van der Waals surface area contributed by atoms with Gasteiger partial charge in [0.15, 0.2) is 0 Å². The fraction of sp³-hybridized carbons (Fsp3) is 0.333. The Kier molecular flexibility index (Phi) is 5.93. The molecule has 140 valence electrons. The minimum atomic E-state index is -1.12. The van der Waals surface area contributed by atoms with Gasteiger partial charge in [0.25, 0.3) is 0 Å². The number of halogens is 2. The molecule has 0 aliphatic carbocycles. The third kappa shape index (κ3) is 3.40. The topological polar surface area (TPSA) is 108 Å². The lowest BCUT2D eigenvalue weighted by molar-refractivity contribution is -0.387. The van der Waals surface area contributed by atoms with E-state index in [1.165, 1.54) is 11.8 Å². The molecule has 1 heterocycles. The number of rotatable bonds is 4. The van der Waals surface area contributed by atoms with E-state index in [0.29, 0.717) is 0 Å². The summed E-state index contributed by atoms with van der Waals surface area (Å²) in [6.45, 7) is 1.08. The summed E-state index contributed by atoms with van der Waals surface area (Å²) in [7, 11) is 2.26. The molecule has 1 aromatic rings. The van der Waals surface area contributed by atoms with Crippen molar-refractivity contribution in [1.29, 1.82) is 0 Å². The van der Waals surface area contributed by atoms with Crippen LogP contribution in [0.1, 0.15) is 5.56 Å². The zero-order valence-corrected chi connectivity index (χ0v) is 15.6. The smallest absolute Gasteiger partial charge is 0.355 e. The van der Waals surface area contributed by atoms with Gasteiger partial charge < -0.3 is 19.1 Å². The first-order valence-electron chi connectivity index (χ1n) is 7.12. The quantitative estimate of drug-likeness (QED) is 0.404. The van der Waals surface area contributed by atoms with Gasteiger partial charge in [-0.1, -0.05) is 0 Å². The molecule has 0 fully saturated rings. The van der Waals surface area contributed by atoms with Gasteiger partial charge in [0, 0.05) is 6.07 Å². The molecular formula is C15H14BrFN2O7. The minimum Gasteiger partial charge on any atom is -0.466 e. The maximum Gasteiger partial charge on any atom is 0.355 e. The van der Waals surface area contributed by atoms with Crippen molar-refractivity contribution in [3.63, 3.8) is 0 Å². The normalized spacial score (nSPS) is 14.3. The Balaban J connectivity index is 2.73. The van der Waals surface area contributed by atoms with Crippen LogP contribution < -0.4 is 4.90 Å². The Morgan fingerprint density at radius 2 is 1.96 bits per heavy atom. The monoisotopic (exact) mass is 432 g/mol. The first-order chi connectivity index (χ1) is 12.2. The van der Waals surface area contributed by atoms with Crippen LogP contribution >= 0.6 is 15.9 Å². The molecule has 1 aliphatic rings. The van der Waals surface area contributed by atoms with E-state index in [9.17, 15) is 24.1 Å². The van der Waals surface area contributed by atoms with Crippen molar-refractivity contribution >= 4 is 39.2 Å². The Morgan fingerprint density at radius 3 is 2.50 bits per heavy atom. The van der Waals surface area contributed by atoms with E-state index in [-0.39, 0.29) is 40.3 Å². The molecule has 9 nitrogen and oxygen atoms in total. The minimum absolute atomic E-state index is 0.0922. The highest BCUT2D eigenvalue weighted by Crippen LogP contribution is 2.40. The number of ether oxygens (including phenoxy) is 3. The molecule has 2 rings (SSSR count). The summed E-state index contributed by atoms with van der Waals surface area (Å²) < 4.78 is 28.8. The van der Waals surface area contributed by atoms with Gasteiger partial charge in [0.05, 0.1) is 41.5 Å². The highest BCUT2D eigenvalue weighted by Gasteiger charge is 2.35. The molecular weight excluding hydrogens is 419 g/mol. The molecule has 26 heavy (non-hydrogen) atoms. The summed E-state index contributed by atoms with van der Waals surface area (Å²) in [5.74, 6) is -2.80. The predicted octanol–water partition coefficient (Wildman–Crippen LogP) is 2.20. The van der Waals surface area contributed by atoms with Gasteiger partial charge in [-0.3, -0.25) is 10.1 Å². The third-order valence-corrected chi connectivity index (χ3v) is 4.38. The molecule has 0 aromatic heterocycles. The molecule has 0 unspecified atom stereocenters. The van der Waals surface area contributed by atoms with Crippen molar-refractivity contribution in [3.8, 4) is 0 Å². The van der Waals surface area contributed by atoms with Crippen LogP contribution in [0, 0.1) is 22.9 Å². The largest absolute Gasteiger partial charge is 0.466 e. The van der Waals surface area contributed by atoms with Gasteiger partial charge in [-0.05, 0) is 28.4 Å². The lowest BCUT2D eigenvalue weighted by atomic mass is 10.1. The summed E-state index contributed by atoms with van der Waals surface area (Å²) in [4.78, 5) is 35.6. The van der Waals surface area contributed by atoms with Crippen LogP contribution in [0.15, 0.2) is 21.8 Å². The van der Waals surface area contributed by atoms with E-state index in [4.69, 9.17) is 9.47 Å². The summed E-state index contributed by atoms with van der Waals surface area (Å²) in [5, 5.41) is 11.0. The highest BCUT2D eigenvalue weighted by atomic mass is 79.9. The Morgan fingerprint density at radius 1 is 1.35 bits per heavy atom. The van der Waals surface area contributed by atoms with Crippen LogP contribution in [0.25, 0.3) is 0 Å². The van der Waals surface area contributed by atoms with Gasteiger partial charge in [-0.15, -0.1) is 0 Å². The number of benzene rings is 1. The molecule has 0 saturated carbocycles. The van der Waals surface area contributed by atoms with Crippen molar-refractivity contribution in [2.75, 3.05) is 32.5 Å². The number of carbonyl (C=O) groups excluding carboxylic acids is 2. The lowest BCUT2D eigenvalue weighted by Crippen LogP contribution is -2.39. The predicted molar refractivity (Wildman–Crippen MR) is 89.8 cm³/mol. The fourth-order valence-electron chi connectivity index (χ4n) is 2.51. The van der Waals surface area contributed by atoms with E-state index in [1.54, 1.807) is 0 Å². The zero-order chi connectivity index (χ0) is 19.6. The molecule has 0 atom stereocenters. The number of anilines is 1. The van der Waals surface area contributed by atoms with Gasteiger partial charge in [-0.2, -0.15) is 4.39 Å². The van der Waals surface area contributed by atoms with Crippen molar-refractivity contribution in [2.24, 2.45) is 0 Å². The zero-order valence-electron chi connectivity index (χ0n) is 14.0. The number of esters is 2. The van der Waals surface area contributed by atoms with Crippen molar-refractivity contribution in [1.82, 2.24) is 0 Å². The van der Waals surface area contributed by atoms with E-state index in [1.807, 2.05) is 0 Å². The second kappa shape index (κ2) is 7.79. The molecule has 0 radical (unpaired) electrons. The standard InChI is InChI=1S/C15H14BrFN2O7/c1-7-4-9(19(22)23)11(17)10(16)12(7)18-6-26-5-8(14(20)24-2)13(18)15(21)25-3/h4H,5-6H2,1-3H3. The van der Waals surface area contributed by atoms with Gasteiger partial charge in [0.1, 0.15) is 12.4 Å². The molecule has 0 spiro atoms. The number of methoxy groups -OCH3 is 2. The van der Waals surface area contributed by atoms with Crippen LogP contribution in [-0.2, 0) is 23.8 Å². The van der Waals surface area contributed by atoms with Crippen LogP contribution in [0.2, 0.25) is 0 Å². The van der Waals surface area contributed by atoms with Crippen molar-refractivity contribution < 1.29 is 33.1 Å². The summed E-state index contributed by atoms with van der Waals surface area (Å²) >= 11 is 2.99. The Bertz CT molecular complexity index is 825. The number of hydrogen-bond acceptors (Lipinski definition) is 8. The number of aryl methyl sites for hydroxylation is 1. The average Bonchev–Trinajstić information content (AvgIpc) is 2.62. The third-order valence-electron chi connectivity index (χ3n) is 3.65. The number of carbonyl (C=O) groups is 2. The SMILES string of the molecule is COC(=O)C1=C(C(=O)OC)N(c2c(C)cc([N+](=O)[O-])c(F)c2Br)COC1. The van der Waals surface area contributed by atoms with Gasteiger partial charge in [0.2, 0.25) is 5.82 Å². The maximum absolute atomic E-state index is 14.4. The van der Waals surface area contributed by atoms with Crippen LogP contribution in [0.5, 0.6) is 0 Å². The van der Waals surface area contributed by atoms with Crippen LogP contribution in [0.4, 0.5) is 15.8 Å². The summed E-state index contributed by atoms with van der Waals surface area (Å²) in [6, 6.07) is 1.02. The fourth-order valence-corrected chi connectivity index (χ4v) is 3.24. The van der Waals surface area contributed by atoms with Crippen LogP contribution in [-0.4, -0.2) is 44.4 Å². The van der Waals surface area contributed by atoms with Crippen LogP contribution in [0.3, 0.4) is 0 Å². The molecule has 0 amide bonds. The summed E-state index contributed by atoms with van der Waals surface area (Å²) in [5.41, 5.74) is -0.665. The first-order valence-corrected chi connectivity index (χ1v) is 7.91. The Labute approximate surface area is 155 Å². The molecule has 0 bridgehead atoms. The van der Waals surface area contributed by atoms with Gasteiger partial charge >= 0.3 is 17.6 Å².